The summed E-state index contributed by atoms with van der Waals surface area (Å²) in [6.07, 6.45) is 1.55. The molecule has 0 fully saturated rings. The number of pyridine rings is 1. The van der Waals surface area contributed by atoms with E-state index in [2.05, 4.69) is 4.98 Å². The van der Waals surface area contributed by atoms with E-state index in [4.69, 9.17) is 11.6 Å². The molecule has 1 aromatic heterocycles. The van der Waals surface area contributed by atoms with Gasteiger partial charge in [0.15, 0.2) is 0 Å². The minimum atomic E-state index is -0.526. The van der Waals surface area contributed by atoms with Crippen LogP contribution < -0.4 is 0 Å². The van der Waals surface area contributed by atoms with Gasteiger partial charge in [-0.3, -0.25) is 10.1 Å². The van der Waals surface area contributed by atoms with Gasteiger partial charge in [-0.05, 0) is 19.4 Å². The summed E-state index contributed by atoms with van der Waals surface area (Å²) in [6, 6.07) is 7.41. The number of aryl methyl sites for hydroxylation is 2. The highest BCUT2D eigenvalue weighted by Gasteiger charge is 2.15. The van der Waals surface area contributed by atoms with E-state index in [-0.39, 0.29) is 10.8 Å². The minimum Gasteiger partial charge on any atom is -0.258 e. The zero-order valence-corrected chi connectivity index (χ0v) is 10.7. The highest BCUT2D eigenvalue weighted by atomic mass is 35.5. The lowest BCUT2D eigenvalue weighted by atomic mass is 10.0. The first-order valence-electron chi connectivity index (χ1n) is 5.36. The van der Waals surface area contributed by atoms with Gasteiger partial charge in [0.05, 0.1) is 4.92 Å². The molecule has 0 saturated heterocycles. The number of nitrogens with zero attached hydrogens (tertiary/aromatic N) is 2. The number of hydrogen-bond donors (Lipinski definition) is 0. The molecule has 1 aromatic carbocycles. The summed E-state index contributed by atoms with van der Waals surface area (Å²) in [5, 5.41) is 10.7. The van der Waals surface area contributed by atoms with Crippen LogP contribution in [0.25, 0.3) is 11.1 Å². The van der Waals surface area contributed by atoms with Crippen LogP contribution >= 0.6 is 11.6 Å². The predicted molar refractivity (Wildman–Crippen MR) is 70.8 cm³/mol. The first-order chi connectivity index (χ1) is 8.47. The molecule has 18 heavy (non-hydrogen) atoms. The van der Waals surface area contributed by atoms with Crippen molar-refractivity contribution in [2.45, 2.75) is 13.8 Å². The van der Waals surface area contributed by atoms with Crippen molar-refractivity contribution in [2.75, 3.05) is 0 Å². The summed E-state index contributed by atoms with van der Waals surface area (Å²) in [6.45, 7) is 3.96. The minimum absolute atomic E-state index is 0.0897. The highest BCUT2D eigenvalue weighted by Crippen LogP contribution is 2.29. The molecule has 0 aliphatic carbocycles. The van der Waals surface area contributed by atoms with Gasteiger partial charge in [0.25, 0.3) is 0 Å². The van der Waals surface area contributed by atoms with Crippen LogP contribution in [0.1, 0.15) is 11.1 Å². The second-order valence-corrected chi connectivity index (χ2v) is 4.53. The molecule has 0 aliphatic heterocycles. The van der Waals surface area contributed by atoms with Gasteiger partial charge in [0, 0.05) is 17.8 Å². The Balaban J connectivity index is 2.57. The standard InChI is InChI=1S/C13H11ClN2O2/c1-8-3-9(2)5-10(4-8)11-6-12(16(17)18)13(14)15-7-11/h3-7H,1-2H3. The summed E-state index contributed by atoms with van der Waals surface area (Å²) >= 11 is 5.69. The average molecular weight is 263 g/mol. The molecule has 92 valence electrons. The fraction of sp³-hybridized carbons (Fsp3) is 0.154. The van der Waals surface area contributed by atoms with Crippen LogP contribution in [0.4, 0.5) is 5.69 Å². The summed E-state index contributed by atoms with van der Waals surface area (Å²) in [4.78, 5) is 14.2. The zero-order valence-electron chi connectivity index (χ0n) is 9.98. The molecule has 0 amide bonds. The summed E-state index contributed by atoms with van der Waals surface area (Å²) < 4.78 is 0. The highest BCUT2D eigenvalue weighted by molar-refractivity contribution is 6.31. The quantitative estimate of drug-likeness (QED) is 0.468. The van der Waals surface area contributed by atoms with E-state index in [0.717, 1.165) is 16.7 Å². The number of halogens is 1. The maximum absolute atomic E-state index is 10.8. The molecule has 0 saturated carbocycles. The fourth-order valence-corrected chi connectivity index (χ4v) is 2.04. The first kappa shape index (κ1) is 12.5. The Bertz CT molecular complexity index is 606. The van der Waals surface area contributed by atoms with Crippen LogP contribution in [-0.4, -0.2) is 9.91 Å². The lowest BCUT2D eigenvalue weighted by molar-refractivity contribution is -0.385. The molecule has 2 rings (SSSR count). The molecular formula is C13H11ClN2O2. The van der Waals surface area contributed by atoms with E-state index in [0.29, 0.717) is 5.56 Å². The van der Waals surface area contributed by atoms with E-state index in [1.807, 2.05) is 32.0 Å². The summed E-state index contributed by atoms with van der Waals surface area (Å²) in [7, 11) is 0. The normalized spacial score (nSPS) is 10.4. The van der Waals surface area contributed by atoms with Crippen LogP contribution in [0, 0.1) is 24.0 Å². The third kappa shape index (κ3) is 2.49. The topological polar surface area (TPSA) is 56.0 Å². The maximum atomic E-state index is 10.8. The Hall–Kier alpha value is -1.94. The van der Waals surface area contributed by atoms with Crippen molar-refractivity contribution in [3.63, 3.8) is 0 Å². The van der Waals surface area contributed by atoms with Crippen molar-refractivity contribution in [1.82, 2.24) is 4.98 Å². The number of aromatic nitrogens is 1. The Morgan fingerprint density at radius 1 is 1.11 bits per heavy atom. The van der Waals surface area contributed by atoms with Gasteiger partial charge in [-0.25, -0.2) is 4.98 Å². The van der Waals surface area contributed by atoms with Gasteiger partial charge < -0.3 is 0 Å². The second-order valence-electron chi connectivity index (χ2n) is 4.17. The van der Waals surface area contributed by atoms with Gasteiger partial charge in [-0.1, -0.05) is 40.9 Å². The molecule has 0 aliphatic rings. The SMILES string of the molecule is Cc1cc(C)cc(-c2cnc(Cl)c([N+](=O)[O-])c2)c1. The number of hydrogen-bond acceptors (Lipinski definition) is 3. The molecule has 2 aromatic rings. The molecule has 5 heteroatoms. The van der Waals surface area contributed by atoms with E-state index in [1.54, 1.807) is 6.20 Å². The van der Waals surface area contributed by atoms with Crippen LogP contribution in [0.15, 0.2) is 30.5 Å². The summed E-state index contributed by atoms with van der Waals surface area (Å²) in [5.41, 5.74) is 3.62. The van der Waals surface area contributed by atoms with E-state index in [1.165, 1.54) is 6.07 Å². The third-order valence-corrected chi connectivity index (χ3v) is 2.86. The van der Waals surface area contributed by atoms with E-state index < -0.39 is 4.92 Å². The molecule has 0 unspecified atom stereocenters. The Morgan fingerprint density at radius 3 is 2.28 bits per heavy atom. The zero-order chi connectivity index (χ0) is 13.3. The van der Waals surface area contributed by atoms with Crippen LogP contribution in [0.2, 0.25) is 5.15 Å². The largest absolute Gasteiger partial charge is 0.307 e. The summed E-state index contributed by atoms with van der Waals surface area (Å²) in [5.74, 6) is 0. The lowest BCUT2D eigenvalue weighted by Crippen LogP contribution is -1.92. The van der Waals surface area contributed by atoms with Gasteiger partial charge in [0.2, 0.25) is 5.15 Å². The van der Waals surface area contributed by atoms with Crippen molar-refractivity contribution in [3.8, 4) is 11.1 Å². The Labute approximate surface area is 109 Å². The molecule has 4 nitrogen and oxygen atoms in total. The van der Waals surface area contributed by atoms with Gasteiger partial charge >= 0.3 is 5.69 Å². The number of benzene rings is 1. The van der Waals surface area contributed by atoms with Crippen molar-refractivity contribution in [3.05, 3.63) is 56.9 Å². The van der Waals surface area contributed by atoms with Crippen molar-refractivity contribution in [2.24, 2.45) is 0 Å². The molecule has 0 spiro atoms. The van der Waals surface area contributed by atoms with E-state index >= 15 is 0 Å². The Kier molecular flexibility index (Phi) is 3.30. The van der Waals surface area contributed by atoms with Gasteiger partial charge in [-0.2, -0.15) is 0 Å². The number of nitro groups is 1. The molecular weight excluding hydrogens is 252 g/mol. The molecule has 0 N–H and O–H groups in total. The lowest BCUT2D eigenvalue weighted by Gasteiger charge is -2.05. The third-order valence-electron chi connectivity index (χ3n) is 2.57. The fourth-order valence-electron chi connectivity index (χ4n) is 1.86. The molecule has 0 atom stereocenters. The van der Waals surface area contributed by atoms with Crippen LogP contribution in [0.3, 0.4) is 0 Å². The average Bonchev–Trinajstić information content (AvgIpc) is 2.27. The predicted octanol–water partition coefficient (Wildman–Crippen LogP) is 3.93. The number of rotatable bonds is 2. The van der Waals surface area contributed by atoms with Crippen molar-refractivity contribution < 1.29 is 4.92 Å². The second kappa shape index (κ2) is 4.74. The monoisotopic (exact) mass is 262 g/mol. The molecule has 0 radical (unpaired) electrons. The molecule has 0 bridgehead atoms. The van der Waals surface area contributed by atoms with Crippen LogP contribution in [-0.2, 0) is 0 Å². The molecule has 1 heterocycles. The van der Waals surface area contributed by atoms with Crippen molar-refractivity contribution in [1.29, 1.82) is 0 Å². The maximum Gasteiger partial charge on any atom is 0.307 e. The van der Waals surface area contributed by atoms with Gasteiger partial charge in [-0.15, -0.1) is 0 Å². The smallest absolute Gasteiger partial charge is 0.258 e. The van der Waals surface area contributed by atoms with Crippen molar-refractivity contribution >= 4 is 17.3 Å². The van der Waals surface area contributed by atoms with Gasteiger partial charge in [0.1, 0.15) is 0 Å². The Morgan fingerprint density at radius 2 is 1.72 bits per heavy atom. The first-order valence-corrected chi connectivity index (χ1v) is 5.74. The van der Waals surface area contributed by atoms with Crippen LogP contribution in [0.5, 0.6) is 0 Å². The van der Waals surface area contributed by atoms with E-state index in [9.17, 15) is 10.1 Å².